The van der Waals surface area contributed by atoms with Crippen molar-refractivity contribution in [1.82, 2.24) is 14.5 Å². The van der Waals surface area contributed by atoms with Gasteiger partial charge in [-0.15, -0.1) is 0 Å². The number of imidazole rings is 1. The van der Waals surface area contributed by atoms with Crippen LogP contribution in [0.3, 0.4) is 0 Å². The highest BCUT2D eigenvalue weighted by atomic mass is 32.2. The van der Waals surface area contributed by atoms with E-state index >= 15 is 0 Å². The maximum absolute atomic E-state index is 12.2. The second kappa shape index (κ2) is 10.0. The molecule has 6 nitrogen and oxygen atoms in total. The minimum Gasteiger partial charge on any atom is -0.383 e. The number of aryl methyl sites for hydroxylation is 1. The molecule has 0 aliphatic rings. The molecule has 2 rings (SSSR count). The van der Waals surface area contributed by atoms with E-state index in [1.54, 1.807) is 13.3 Å². The number of rotatable bonds is 11. The van der Waals surface area contributed by atoms with Gasteiger partial charge in [-0.1, -0.05) is 30.3 Å². The molecule has 0 aliphatic heterocycles. The van der Waals surface area contributed by atoms with E-state index in [1.807, 2.05) is 22.8 Å². The Morgan fingerprint density at radius 2 is 1.93 bits per heavy atom. The van der Waals surface area contributed by atoms with Crippen LogP contribution in [0.1, 0.15) is 31.5 Å². The fourth-order valence-corrected chi connectivity index (χ4v) is 3.93. The summed E-state index contributed by atoms with van der Waals surface area (Å²) >= 11 is 0. The van der Waals surface area contributed by atoms with E-state index in [2.05, 4.69) is 35.9 Å². The van der Waals surface area contributed by atoms with E-state index in [1.165, 1.54) is 11.8 Å². The number of methoxy groups -OCH3 is 1. The summed E-state index contributed by atoms with van der Waals surface area (Å²) in [5.41, 5.74) is 2.18. The number of hydrogen-bond acceptors (Lipinski definition) is 5. The number of aromatic nitrogens is 2. The molecule has 0 saturated carbocycles. The molecule has 0 fully saturated rings. The lowest BCUT2D eigenvalue weighted by Crippen LogP contribution is -2.34. The van der Waals surface area contributed by atoms with Crippen LogP contribution in [0.15, 0.2) is 41.7 Å². The van der Waals surface area contributed by atoms with Crippen molar-refractivity contribution in [3.8, 4) is 0 Å². The quantitative estimate of drug-likeness (QED) is 0.587. The van der Waals surface area contributed by atoms with E-state index in [4.69, 9.17) is 4.74 Å². The molecule has 0 unspecified atom stereocenters. The van der Waals surface area contributed by atoms with Gasteiger partial charge in [0, 0.05) is 39.0 Å². The van der Waals surface area contributed by atoms with Crippen LogP contribution in [0.5, 0.6) is 0 Å². The summed E-state index contributed by atoms with van der Waals surface area (Å²) in [6, 6.07) is 10.6. The van der Waals surface area contributed by atoms with E-state index < -0.39 is 9.84 Å². The number of hydrogen-bond donors (Lipinski definition) is 0. The zero-order chi connectivity index (χ0) is 19.9. The van der Waals surface area contributed by atoms with Crippen LogP contribution in [0, 0.1) is 0 Å². The molecule has 0 aliphatic carbocycles. The number of sulfone groups is 1. The molecule has 0 bridgehead atoms. The highest BCUT2D eigenvalue weighted by molar-refractivity contribution is 7.90. The fraction of sp³-hybridized carbons (Fsp3) is 0.550. The molecule has 1 aromatic carbocycles. The summed E-state index contributed by atoms with van der Waals surface area (Å²) in [5.74, 6) is 0. The van der Waals surface area contributed by atoms with Crippen molar-refractivity contribution in [2.45, 2.75) is 51.0 Å². The van der Waals surface area contributed by atoms with Gasteiger partial charge in [0.05, 0.1) is 18.5 Å². The monoisotopic (exact) mass is 393 g/mol. The van der Waals surface area contributed by atoms with Crippen LogP contribution in [0.4, 0.5) is 0 Å². The van der Waals surface area contributed by atoms with E-state index in [9.17, 15) is 8.42 Å². The third-order valence-electron chi connectivity index (χ3n) is 4.60. The zero-order valence-electron chi connectivity index (χ0n) is 16.8. The lowest BCUT2D eigenvalue weighted by Gasteiger charge is -2.26. The lowest BCUT2D eigenvalue weighted by molar-refractivity contribution is 0.123. The van der Waals surface area contributed by atoms with E-state index in [0.29, 0.717) is 25.7 Å². The molecular formula is C20H31N3O3S. The predicted molar refractivity (Wildman–Crippen MR) is 108 cm³/mol. The molecular weight excluding hydrogens is 362 g/mol. The van der Waals surface area contributed by atoms with E-state index in [-0.39, 0.29) is 5.16 Å². The maximum atomic E-state index is 12.2. The zero-order valence-corrected chi connectivity index (χ0v) is 17.6. The minimum atomic E-state index is -3.37. The molecule has 1 heterocycles. The molecule has 0 saturated heterocycles. The van der Waals surface area contributed by atoms with Crippen LogP contribution in [0.25, 0.3) is 0 Å². The van der Waals surface area contributed by atoms with Gasteiger partial charge in [-0.2, -0.15) is 0 Å². The van der Waals surface area contributed by atoms with Gasteiger partial charge in [-0.3, -0.25) is 4.90 Å². The number of nitrogens with zero attached hydrogens (tertiary/aromatic N) is 3. The average Bonchev–Trinajstić information content (AvgIpc) is 3.02. The summed E-state index contributed by atoms with van der Waals surface area (Å²) in [7, 11) is -1.68. The summed E-state index contributed by atoms with van der Waals surface area (Å²) < 4.78 is 31.4. The SMILES string of the molecule is COCCN(Cc1cnc(S(C)(=O)=O)n1CCCc1ccccc1)C(C)C. The van der Waals surface area contributed by atoms with Gasteiger partial charge in [-0.25, -0.2) is 13.4 Å². The summed E-state index contributed by atoms with van der Waals surface area (Å²) in [5, 5.41) is 0.154. The minimum absolute atomic E-state index is 0.154. The van der Waals surface area contributed by atoms with Crippen LogP contribution in [-0.4, -0.2) is 55.4 Å². The topological polar surface area (TPSA) is 64.4 Å². The normalized spacial score (nSPS) is 12.2. The Balaban J connectivity index is 2.17. The highest BCUT2D eigenvalue weighted by Crippen LogP contribution is 2.16. The molecule has 0 amide bonds. The lowest BCUT2D eigenvalue weighted by atomic mass is 10.1. The van der Waals surface area contributed by atoms with Crippen molar-refractivity contribution in [3.63, 3.8) is 0 Å². The van der Waals surface area contributed by atoms with Crippen LogP contribution in [-0.2, 0) is 34.1 Å². The third-order valence-corrected chi connectivity index (χ3v) is 5.59. The summed E-state index contributed by atoms with van der Waals surface area (Å²) in [4.78, 5) is 6.49. The molecule has 0 radical (unpaired) electrons. The van der Waals surface area contributed by atoms with Gasteiger partial charge in [0.2, 0.25) is 15.0 Å². The second-order valence-electron chi connectivity index (χ2n) is 7.10. The first kappa shape index (κ1) is 21.6. The average molecular weight is 394 g/mol. The van der Waals surface area contributed by atoms with Crippen LogP contribution < -0.4 is 0 Å². The molecule has 150 valence electrons. The molecule has 0 N–H and O–H groups in total. The molecule has 0 atom stereocenters. The third kappa shape index (κ3) is 6.45. The summed E-state index contributed by atoms with van der Waals surface area (Å²) in [6.07, 6.45) is 4.67. The number of ether oxygens (including phenoxy) is 1. The Labute approximate surface area is 163 Å². The van der Waals surface area contributed by atoms with E-state index in [0.717, 1.165) is 25.1 Å². The first-order valence-electron chi connectivity index (χ1n) is 9.34. The first-order chi connectivity index (χ1) is 12.8. The van der Waals surface area contributed by atoms with Gasteiger partial charge in [0.15, 0.2) is 0 Å². The Morgan fingerprint density at radius 1 is 1.22 bits per heavy atom. The van der Waals surface area contributed by atoms with Crippen molar-refractivity contribution in [2.24, 2.45) is 0 Å². The predicted octanol–water partition coefficient (Wildman–Crippen LogP) is 2.78. The Kier molecular flexibility index (Phi) is 8.01. The van der Waals surface area contributed by atoms with Gasteiger partial charge >= 0.3 is 0 Å². The van der Waals surface area contributed by atoms with Gasteiger partial charge < -0.3 is 9.30 Å². The molecule has 1 aromatic heterocycles. The highest BCUT2D eigenvalue weighted by Gasteiger charge is 2.21. The van der Waals surface area contributed by atoms with Gasteiger partial charge in [0.1, 0.15) is 0 Å². The van der Waals surface area contributed by atoms with Crippen molar-refractivity contribution in [1.29, 1.82) is 0 Å². The second-order valence-corrected chi connectivity index (χ2v) is 9.01. The molecule has 27 heavy (non-hydrogen) atoms. The fourth-order valence-electron chi connectivity index (χ4n) is 3.08. The standard InChI is InChI=1S/C20H31N3O3S/c1-17(2)22(13-14-26-3)16-19-15-21-20(27(4,24)25)23(19)12-8-11-18-9-6-5-7-10-18/h5-7,9-10,15,17H,8,11-14,16H2,1-4H3. The summed E-state index contributed by atoms with van der Waals surface area (Å²) in [6.45, 7) is 6.96. The van der Waals surface area contributed by atoms with Crippen molar-refractivity contribution in [3.05, 3.63) is 47.8 Å². The van der Waals surface area contributed by atoms with Crippen molar-refractivity contribution >= 4 is 9.84 Å². The Morgan fingerprint density at radius 3 is 2.52 bits per heavy atom. The molecule has 2 aromatic rings. The Hall–Kier alpha value is -1.70. The van der Waals surface area contributed by atoms with Crippen LogP contribution >= 0.6 is 0 Å². The van der Waals surface area contributed by atoms with Crippen molar-refractivity contribution < 1.29 is 13.2 Å². The molecule has 7 heteroatoms. The van der Waals surface area contributed by atoms with Gasteiger partial charge in [0.25, 0.3) is 0 Å². The Bertz CT molecular complexity index is 801. The molecule has 0 spiro atoms. The first-order valence-corrected chi connectivity index (χ1v) is 11.2. The smallest absolute Gasteiger partial charge is 0.227 e. The van der Waals surface area contributed by atoms with Gasteiger partial charge in [-0.05, 0) is 32.3 Å². The number of benzene rings is 1. The van der Waals surface area contributed by atoms with Crippen molar-refractivity contribution in [2.75, 3.05) is 26.5 Å². The largest absolute Gasteiger partial charge is 0.383 e. The maximum Gasteiger partial charge on any atom is 0.227 e. The van der Waals surface area contributed by atoms with Crippen LogP contribution in [0.2, 0.25) is 0 Å².